The van der Waals surface area contributed by atoms with E-state index in [0.29, 0.717) is 31.9 Å². The fourth-order valence-corrected chi connectivity index (χ4v) is 5.59. The Balaban J connectivity index is 1.24. The Morgan fingerprint density at radius 1 is 1.06 bits per heavy atom. The Kier molecular flexibility index (Phi) is 8.53. The van der Waals surface area contributed by atoms with Crippen molar-refractivity contribution in [2.24, 2.45) is 0 Å². The molecule has 10 nitrogen and oxygen atoms in total. The number of pyridine rings is 1. The van der Waals surface area contributed by atoms with Crippen LogP contribution in [-0.2, 0) is 9.47 Å². The topological polar surface area (TPSA) is 100 Å². The summed E-state index contributed by atoms with van der Waals surface area (Å²) in [6.07, 6.45) is 2.98. The summed E-state index contributed by atoms with van der Waals surface area (Å²) in [5.41, 5.74) is 0.409. The van der Waals surface area contributed by atoms with Gasteiger partial charge in [0.15, 0.2) is 6.29 Å². The van der Waals surface area contributed by atoms with E-state index in [2.05, 4.69) is 20.2 Å². The average Bonchev–Trinajstić information content (AvgIpc) is 3.40. The number of piperazine rings is 1. The first kappa shape index (κ1) is 25.3. The normalized spacial score (nSPS) is 18.1. The van der Waals surface area contributed by atoms with Crippen molar-refractivity contribution in [3.05, 3.63) is 40.5 Å². The maximum absolute atomic E-state index is 13.1. The number of nitrogens with zero attached hydrogens (tertiary/aromatic N) is 5. The van der Waals surface area contributed by atoms with Crippen molar-refractivity contribution in [3.8, 4) is 0 Å². The third kappa shape index (κ3) is 6.09. The van der Waals surface area contributed by atoms with Gasteiger partial charge in [-0.05, 0) is 31.9 Å². The zero-order chi connectivity index (χ0) is 24.8. The molecule has 0 aliphatic carbocycles. The molecular weight excluding hydrogens is 468 g/mol. The van der Waals surface area contributed by atoms with Crippen LogP contribution in [0.3, 0.4) is 0 Å². The lowest BCUT2D eigenvalue weighted by molar-refractivity contribution is -0.117. The molecule has 2 aromatic rings. The first-order chi connectivity index (χ1) is 17.0. The summed E-state index contributed by atoms with van der Waals surface area (Å²) in [5, 5.41) is 5.62. The standard InChI is InChI=1S/C24H34N6O4S/c1-17(23(33-2)34-3)26-21(31)19-16-35-22(27-19)18-7-10-29(11-8-18)24(32)30-14-12-28(13-15-30)20-6-4-5-9-25-20/h4-6,9,16-18,23H,7-8,10-15H2,1-3H3,(H,26,31). The molecular formula is C24H34N6O4S. The molecule has 0 aromatic carbocycles. The number of thiazole rings is 1. The Morgan fingerprint density at radius 2 is 1.74 bits per heavy atom. The van der Waals surface area contributed by atoms with E-state index >= 15 is 0 Å². The number of carbonyl (C=O) groups is 2. The van der Waals surface area contributed by atoms with Gasteiger partial charge in [0.1, 0.15) is 11.5 Å². The van der Waals surface area contributed by atoms with Crippen LogP contribution in [-0.4, -0.2) is 97.5 Å². The number of methoxy groups -OCH3 is 2. The maximum Gasteiger partial charge on any atom is 0.320 e. The Labute approximate surface area is 210 Å². The van der Waals surface area contributed by atoms with E-state index in [1.807, 2.05) is 34.9 Å². The summed E-state index contributed by atoms with van der Waals surface area (Å²) in [7, 11) is 3.08. The minimum atomic E-state index is -0.517. The van der Waals surface area contributed by atoms with Crippen LogP contribution in [0.4, 0.5) is 10.6 Å². The summed E-state index contributed by atoms with van der Waals surface area (Å²) in [6.45, 7) is 6.21. The summed E-state index contributed by atoms with van der Waals surface area (Å²) >= 11 is 1.51. The number of anilines is 1. The Hall–Kier alpha value is -2.76. The number of aromatic nitrogens is 2. The number of nitrogens with one attached hydrogen (secondary N) is 1. The van der Waals surface area contributed by atoms with Gasteiger partial charge >= 0.3 is 6.03 Å². The molecule has 1 N–H and O–H groups in total. The molecule has 35 heavy (non-hydrogen) atoms. The quantitative estimate of drug-likeness (QED) is 0.581. The second-order valence-electron chi connectivity index (χ2n) is 8.88. The van der Waals surface area contributed by atoms with Gasteiger partial charge in [0.2, 0.25) is 0 Å². The molecule has 190 valence electrons. The number of hydrogen-bond acceptors (Lipinski definition) is 8. The monoisotopic (exact) mass is 502 g/mol. The largest absolute Gasteiger partial charge is 0.354 e. The third-order valence-electron chi connectivity index (χ3n) is 6.62. The van der Waals surface area contributed by atoms with Crippen LogP contribution in [0.5, 0.6) is 0 Å². The third-order valence-corrected chi connectivity index (χ3v) is 7.63. The molecule has 1 unspecified atom stereocenters. The minimum absolute atomic E-state index is 0.114. The molecule has 0 spiro atoms. The Bertz CT molecular complexity index is 969. The predicted octanol–water partition coefficient (Wildman–Crippen LogP) is 2.40. The highest BCUT2D eigenvalue weighted by molar-refractivity contribution is 7.09. The fraction of sp³-hybridized carbons (Fsp3) is 0.583. The summed E-state index contributed by atoms with van der Waals surface area (Å²) < 4.78 is 10.4. The van der Waals surface area contributed by atoms with Crippen molar-refractivity contribution < 1.29 is 19.1 Å². The van der Waals surface area contributed by atoms with Crippen LogP contribution in [0.25, 0.3) is 0 Å². The van der Waals surface area contributed by atoms with Crippen LogP contribution in [0.2, 0.25) is 0 Å². The van der Waals surface area contributed by atoms with Crippen LogP contribution < -0.4 is 10.2 Å². The number of likely N-dealkylation sites (tertiary alicyclic amines) is 1. The van der Waals surface area contributed by atoms with E-state index in [1.165, 1.54) is 25.6 Å². The van der Waals surface area contributed by atoms with E-state index < -0.39 is 6.29 Å². The molecule has 3 amide bonds. The van der Waals surface area contributed by atoms with Crippen molar-refractivity contribution in [1.29, 1.82) is 0 Å². The van der Waals surface area contributed by atoms with Crippen molar-refractivity contribution in [2.45, 2.75) is 38.0 Å². The minimum Gasteiger partial charge on any atom is -0.354 e. The van der Waals surface area contributed by atoms with Gasteiger partial charge in [0.05, 0.1) is 11.0 Å². The molecule has 4 heterocycles. The zero-order valence-corrected chi connectivity index (χ0v) is 21.4. The maximum atomic E-state index is 13.1. The van der Waals surface area contributed by atoms with Crippen LogP contribution >= 0.6 is 11.3 Å². The number of amides is 3. The number of carbonyl (C=O) groups excluding carboxylic acids is 2. The number of urea groups is 1. The van der Waals surface area contributed by atoms with Crippen LogP contribution in [0, 0.1) is 0 Å². The molecule has 0 bridgehead atoms. The predicted molar refractivity (Wildman–Crippen MR) is 134 cm³/mol. The molecule has 2 aromatic heterocycles. The number of ether oxygens (including phenoxy) is 2. The first-order valence-electron chi connectivity index (χ1n) is 12.0. The first-order valence-corrected chi connectivity index (χ1v) is 12.9. The van der Waals surface area contributed by atoms with Crippen LogP contribution in [0.15, 0.2) is 29.8 Å². The lowest BCUT2D eigenvalue weighted by atomic mass is 9.98. The summed E-state index contributed by atoms with van der Waals surface area (Å²) in [4.78, 5) is 40.8. The molecule has 2 aliphatic rings. The van der Waals surface area contributed by atoms with Gasteiger partial charge in [-0.25, -0.2) is 14.8 Å². The van der Waals surface area contributed by atoms with E-state index in [-0.39, 0.29) is 23.9 Å². The zero-order valence-electron chi connectivity index (χ0n) is 20.6. The lowest BCUT2D eigenvalue weighted by Gasteiger charge is -2.39. The molecule has 0 saturated carbocycles. The molecule has 2 fully saturated rings. The number of hydrogen-bond donors (Lipinski definition) is 1. The molecule has 2 aliphatic heterocycles. The number of piperidine rings is 1. The van der Waals surface area contributed by atoms with Gasteiger partial charge in [0.25, 0.3) is 5.91 Å². The SMILES string of the molecule is COC(OC)C(C)NC(=O)c1csc(C2CCN(C(=O)N3CCN(c4ccccn4)CC3)CC2)n1. The van der Waals surface area contributed by atoms with E-state index in [0.717, 1.165) is 36.8 Å². The smallest absolute Gasteiger partial charge is 0.320 e. The highest BCUT2D eigenvalue weighted by Gasteiger charge is 2.30. The van der Waals surface area contributed by atoms with Gasteiger partial charge < -0.3 is 29.5 Å². The fourth-order valence-electron chi connectivity index (χ4n) is 4.62. The van der Waals surface area contributed by atoms with Gasteiger partial charge in [0, 0.05) is 71.0 Å². The van der Waals surface area contributed by atoms with E-state index in [1.54, 1.807) is 11.6 Å². The van der Waals surface area contributed by atoms with Gasteiger partial charge in [-0.1, -0.05) is 6.07 Å². The highest BCUT2D eigenvalue weighted by atomic mass is 32.1. The van der Waals surface area contributed by atoms with Crippen molar-refractivity contribution in [2.75, 3.05) is 58.4 Å². The molecule has 11 heteroatoms. The molecule has 4 rings (SSSR count). The Morgan fingerprint density at radius 3 is 2.37 bits per heavy atom. The molecule has 0 radical (unpaired) electrons. The second-order valence-corrected chi connectivity index (χ2v) is 9.77. The average molecular weight is 503 g/mol. The van der Waals surface area contributed by atoms with Crippen molar-refractivity contribution >= 4 is 29.1 Å². The van der Waals surface area contributed by atoms with E-state index in [4.69, 9.17) is 9.47 Å². The van der Waals surface area contributed by atoms with Gasteiger partial charge in [-0.2, -0.15) is 0 Å². The van der Waals surface area contributed by atoms with Gasteiger partial charge in [-0.15, -0.1) is 11.3 Å². The van der Waals surface area contributed by atoms with E-state index in [9.17, 15) is 9.59 Å². The lowest BCUT2D eigenvalue weighted by Crippen LogP contribution is -2.54. The van der Waals surface area contributed by atoms with Gasteiger partial charge in [-0.3, -0.25) is 4.79 Å². The highest BCUT2D eigenvalue weighted by Crippen LogP contribution is 2.31. The van der Waals surface area contributed by atoms with Crippen molar-refractivity contribution in [1.82, 2.24) is 25.1 Å². The number of rotatable bonds is 7. The molecule has 2 saturated heterocycles. The summed E-state index contributed by atoms with van der Waals surface area (Å²) in [5.74, 6) is 0.981. The second kappa shape index (κ2) is 11.8. The van der Waals surface area contributed by atoms with Crippen molar-refractivity contribution in [3.63, 3.8) is 0 Å². The summed E-state index contributed by atoms with van der Waals surface area (Å²) in [6, 6.07) is 5.72. The van der Waals surface area contributed by atoms with Crippen LogP contribution in [0.1, 0.15) is 41.2 Å². The molecule has 1 atom stereocenters.